The summed E-state index contributed by atoms with van der Waals surface area (Å²) in [6, 6.07) is 8.69. The summed E-state index contributed by atoms with van der Waals surface area (Å²) in [6.45, 7) is 0.909. The van der Waals surface area contributed by atoms with Gasteiger partial charge in [0, 0.05) is 30.4 Å². The predicted octanol–water partition coefficient (Wildman–Crippen LogP) is 2.40. The first-order valence-electron chi connectivity index (χ1n) is 10.1. The Morgan fingerprint density at radius 3 is 2.73 bits per heavy atom. The van der Waals surface area contributed by atoms with E-state index in [4.69, 9.17) is 0 Å². The minimum Gasteiger partial charge on any atom is -0.353 e. The van der Waals surface area contributed by atoms with Crippen LogP contribution in [0.25, 0.3) is 0 Å². The maximum Gasteiger partial charge on any atom is 0.252 e. The number of anilines is 1. The second-order valence-electron chi connectivity index (χ2n) is 8.42. The van der Waals surface area contributed by atoms with E-state index in [2.05, 4.69) is 16.3 Å². The molecular weight excluding hydrogens is 326 g/mol. The summed E-state index contributed by atoms with van der Waals surface area (Å²) >= 11 is 0. The van der Waals surface area contributed by atoms with Gasteiger partial charge < -0.3 is 10.2 Å². The number of nitrogens with one attached hydrogen (secondary N) is 1. The van der Waals surface area contributed by atoms with Crippen LogP contribution in [0.4, 0.5) is 5.69 Å². The molecule has 3 fully saturated rings. The standard InChI is InChI=1S/C21H27N3O2/c1-23-18-11-5-4-10-16(18)21(20(23)26)17(13-15-9-6-12-24(15)21)19(25)22-14-7-2-3-8-14/h4-5,10-11,14-15,17H,2-3,6-9,12-13H2,1H3,(H,22,25). The molecule has 4 aliphatic rings. The van der Waals surface area contributed by atoms with Gasteiger partial charge in [0.05, 0.1) is 5.92 Å². The molecule has 2 amide bonds. The number of carbonyl (C=O) groups excluding carboxylic acids is 2. The second kappa shape index (κ2) is 5.81. The molecule has 2 saturated heterocycles. The lowest BCUT2D eigenvalue weighted by Crippen LogP contribution is -2.56. The first kappa shape index (κ1) is 16.3. The monoisotopic (exact) mass is 353 g/mol. The highest BCUT2D eigenvalue weighted by Gasteiger charge is 2.66. The third-order valence-electron chi connectivity index (χ3n) is 7.17. The lowest BCUT2D eigenvalue weighted by molar-refractivity contribution is -0.139. The van der Waals surface area contributed by atoms with Crippen molar-refractivity contribution in [3.05, 3.63) is 29.8 Å². The Labute approximate surface area is 154 Å². The zero-order valence-corrected chi connectivity index (χ0v) is 15.4. The Bertz CT molecular complexity index is 757. The van der Waals surface area contributed by atoms with Crippen molar-refractivity contribution < 1.29 is 9.59 Å². The summed E-state index contributed by atoms with van der Waals surface area (Å²) in [5.74, 6) is -0.119. The van der Waals surface area contributed by atoms with E-state index < -0.39 is 5.54 Å². The third kappa shape index (κ3) is 2.01. The van der Waals surface area contributed by atoms with Crippen LogP contribution in [0.5, 0.6) is 0 Å². The minimum absolute atomic E-state index is 0.0784. The third-order valence-corrected chi connectivity index (χ3v) is 7.17. The number of para-hydroxylation sites is 1. The van der Waals surface area contributed by atoms with Crippen LogP contribution in [0.2, 0.25) is 0 Å². The van der Waals surface area contributed by atoms with Gasteiger partial charge in [-0.15, -0.1) is 0 Å². The fraction of sp³-hybridized carbons (Fsp3) is 0.619. The Balaban J connectivity index is 1.59. The van der Waals surface area contributed by atoms with Crippen LogP contribution in [0.15, 0.2) is 24.3 Å². The molecule has 1 saturated carbocycles. The molecule has 0 bridgehead atoms. The van der Waals surface area contributed by atoms with Gasteiger partial charge >= 0.3 is 0 Å². The molecule has 1 spiro atoms. The van der Waals surface area contributed by atoms with Gasteiger partial charge in [0.15, 0.2) is 0 Å². The fourth-order valence-corrected chi connectivity index (χ4v) is 6.04. The molecule has 1 aromatic carbocycles. The molecule has 1 aliphatic carbocycles. The lowest BCUT2D eigenvalue weighted by Gasteiger charge is -2.37. The molecule has 3 atom stereocenters. The topological polar surface area (TPSA) is 52.7 Å². The maximum absolute atomic E-state index is 13.6. The Morgan fingerprint density at radius 2 is 1.92 bits per heavy atom. The fourth-order valence-electron chi connectivity index (χ4n) is 6.04. The number of nitrogens with zero attached hydrogens (tertiary/aromatic N) is 2. The van der Waals surface area contributed by atoms with Crippen LogP contribution >= 0.6 is 0 Å². The second-order valence-corrected chi connectivity index (χ2v) is 8.42. The summed E-state index contributed by atoms with van der Waals surface area (Å²) in [5, 5.41) is 3.29. The predicted molar refractivity (Wildman–Crippen MR) is 99.8 cm³/mol. The molecule has 138 valence electrons. The molecule has 0 radical (unpaired) electrons. The largest absolute Gasteiger partial charge is 0.353 e. The quantitative estimate of drug-likeness (QED) is 0.888. The average Bonchev–Trinajstić information content (AvgIpc) is 3.39. The van der Waals surface area contributed by atoms with Crippen LogP contribution in [0, 0.1) is 5.92 Å². The summed E-state index contributed by atoms with van der Waals surface area (Å²) < 4.78 is 0. The number of amides is 2. The van der Waals surface area contributed by atoms with Crippen molar-refractivity contribution in [1.29, 1.82) is 0 Å². The maximum atomic E-state index is 13.6. The highest BCUT2D eigenvalue weighted by atomic mass is 16.2. The smallest absolute Gasteiger partial charge is 0.252 e. The number of hydrogen-bond donors (Lipinski definition) is 1. The molecule has 3 aliphatic heterocycles. The van der Waals surface area contributed by atoms with E-state index in [1.54, 1.807) is 4.90 Å². The van der Waals surface area contributed by atoms with E-state index in [9.17, 15) is 9.59 Å². The van der Waals surface area contributed by atoms with Crippen LogP contribution in [0.3, 0.4) is 0 Å². The van der Waals surface area contributed by atoms with E-state index in [-0.39, 0.29) is 17.7 Å². The molecular formula is C21H27N3O2. The first-order chi connectivity index (χ1) is 12.6. The molecule has 5 nitrogen and oxygen atoms in total. The van der Waals surface area contributed by atoms with E-state index in [0.717, 1.165) is 49.9 Å². The Kier molecular flexibility index (Phi) is 3.64. The van der Waals surface area contributed by atoms with Crippen LogP contribution in [-0.2, 0) is 15.1 Å². The number of rotatable bonds is 2. The van der Waals surface area contributed by atoms with Crippen molar-refractivity contribution in [2.24, 2.45) is 5.92 Å². The van der Waals surface area contributed by atoms with E-state index >= 15 is 0 Å². The summed E-state index contributed by atoms with van der Waals surface area (Å²) in [5.41, 5.74) is 1.20. The molecule has 5 rings (SSSR count). The van der Waals surface area contributed by atoms with E-state index in [1.807, 2.05) is 25.2 Å². The SMILES string of the molecule is CN1C(=O)C2(c3ccccc31)C(C(=O)NC1CCCC1)CC1CCCN12. The molecule has 1 aromatic rings. The minimum atomic E-state index is -0.796. The highest BCUT2D eigenvalue weighted by Crippen LogP contribution is 2.56. The van der Waals surface area contributed by atoms with Crippen LogP contribution in [-0.4, -0.2) is 42.4 Å². The van der Waals surface area contributed by atoms with Crippen LogP contribution in [0.1, 0.15) is 50.5 Å². The van der Waals surface area contributed by atoms with Gasteiger partial charge in [-0.05, 0) is 44.7 Å². The van der Waals surface area contributed by atoms with Crippen molar-refractivity contribution >= 4 is 17.5 Å². The Hall–Kier alpha value is -1.88. The molecule has 26 heavy (non-hydrogen) atoms. The highest BCUT2D eigenvalue weighted by molar-refractivity contribution is 6.10. The van der Waals surface area contributed by atoms with Crippen molar-refractivity contribution in [2.75, 3.05) is 18.5 Å². The molecule has 5 heteroatoms. The lowest BCUT2D eigenvalue weighted by atomic mass is 9.78. The average molecular weight is 353 g/mol. The number of carbonyl (C=O) groups is 2. The van der Waals surface area contributed by atoms with Crippen molar-refractivity contribution in [3.63, 3.8) is 0 Å². The molecule has 0 aromatic heterocycles. The first-order valence-corrected chi connectivity index (χ1v) is 10.1. The number of benzene rings is 1. The van der Waals surface area contributed by atoms with Gasteiger partial charge in [-0.2, -0.15) is 0 Å². The molecule has 3 unspecified atom stereocenters. The summed E-state index contributed by atoms with van der Waals surface area (Å²) in [7, 11) is 1.85. The zero-order chi connectivity index (χ0) is 17.9. The van der Waals surface area contributed by atoms with Gasteiger partial charge in [0.2, 0.25) is 5.91 Å². The van der Waals surface area contributed by atoms with Gasteiger partial charge in [0.1, 0.15) is 5.54 Å². The van der Waals surface area contributed by atoms with Crippen molar-refractivity contribution in [2.45, 2.75) is 62.6 Å². The van der Waals surface area contributed by atoms with Gasteiger partial charge in [-0.3, -0.25) is 14.5 Å². The Morgan fingerprint density at radius 1 is 1.15 bits per heavy atom. The normalized spacial score (nSPS) is 33.9. The summed E-state index contributed by atoms with van der Waals surface area (Å²) in [6.07, 6.45) is 7.54. The van der Waals surface area contributed by atoms with Crippen molar-refractivity contribution in [3.8, 4) is 0 Å². The van der Waals surface area contributed by atoms with Crippen LogP contribution < -0.4 is 10.2 Å². The molecule has 3 heterocycles. The van der Waals surface area contributed by atoms with E-state index in [1.165, 1.54) is 12.8 Å². The number of fused-ring (bicyclic) bond motifs is 4. The van der Waals surface area contributed by atoms with Crippen molar-refractivity contribution in [1.82, 2.24) is 10.2 Å². The number of likely N-dealkylation sites (N-methyl/N-ethyl adjacent to an activating group) is 1. The van der Waals surface area contributed by atoms with Gasteiger partial charge in [0.25, 0.3) is 5.91 Å². The zero-order valence-electron chi connectivity index (χ0n) is 15.4. The number of hydrogen-bond acceptors (Lipinski definition) is 3. The summed E-state index contributed by atoms with van der Waals surface area (Å²) in [4.78, 5) is 31.1. The van der Waals surface area contributed by atoms with E-state index in [0.29, 0.717) is 12.1 Å². The van der Waals surface area contributed by atoms with Gasteiger partial charge in [-0.1, -0.05) is 31.0 Å². The molecule has 1 N–H and O–H groups in total. The van der Waals surface area contributed by atoms with Gasteiger partial charge in [-0.25, -0.2) is 0 Å².